The van der Waals surface area contributed by atoms with Gasteiger partial charge in [0.2, 0.25) is 0 Å². The van der Waals surface area contributed by atoms with Gasteiger partial charge in [-0.2, -0.15) is 0 Å². The molecule has 0 bridgehead atoms. The Labute approximate surface area is 119 Å². The monoisotopic (exact) mass is 290 g/mol. The predicted molar refractivity (Wildman–Crippen MR) is 79.5 cm³/mol. The minimum atomic E-state index is -3.27. The Morgan fingerprint density at radius 1 is 1.05 bits per heavy atom. The van der Waals surface area contributed by atoms with E-state index in [1.807, 2.05) is 32.0 Å². The zero-order chi connectivity index (χ0) is 14.9. The molecule has 0 heterocycles. The maximum Gasteiger partial charge on any atom is 0.175 e. The molecular weight excluding hydrogens is 272 g/mol. The Bertz CT molecular complexity index is 733. The van der Waals surface area contributed by atoms with Crippen molar-refractivity contribution in [2.24, 2.45) is 0 Å². The van der Waals surface area contributed by atoms with Crippen LogP contribution in [0.2, 0.25) is 0 Å². The Morgan fingerprint density at radius 3 is 2.35 bits per heavy atom. The third-order valence-electron chi connectivity index (χ3n) is 3.32. The van der Waals surface area contributed by atoms with Gasteiger partial charge >= 0.3 is 0 Å². The molecule has 0 radical (unpaired) electrons. The quantitative estimate of drug-likeness (QED) is 0.945. The number of aliphatic hydroxyl groups excluding tert-OH is 1. The van der Waals surface area contributed by atoms with Gasteiger partial charge in [0.25, 0.3) is 0 Å². The fourth-order valence-corrected chi connectivity index (χ4v) is 2.90. The molecule has 0 aliphatic carbocycles. The molecule has 0 fully saturated rings. The van der Waals surface area contributed by atoms with Gasteiger partial charge in [-0.3, -0.25) is 0 Å². The molecule has 0 aliphatic rings. The average Bonchev–Trinajstić information content (AvgIpc) is 2.37. The number of aliphatic hydroxyl groups is 1. The Kier molecular flexibility index (Phi) is 3.97. The molecule has 0 spiro atoms. The lowest BCUT2D eigenvalue weighted by Crippen LogP contribution is -2.04. The highest BCUT2D eigenvalue weighted by atomic mass is 32.2. The summed E-state index contributed by atoms with van der Waals surface area (Å²) in [5, 5.41) is 10.5. The second-order valence-electron chi connectivity index (χ2n) is 5.11. The van der Waals surface area contributed by atoms with Gasteiger partial charge in [-0.15, -0.1) is 0 Å². The lowest BCUT2D eigenvalue weighted by atomic mass is 9.96. The van der Waals surface area contributed by atoms with Crippen molar-refractivity contribution in [2.45, 2.75) is 24.8 Å². The Balaban J connectivity index is 2.46. The van der Waals surface area contributed by atoms with Crippen LogP contribution in [0.5, 0.6) is 0 Å². The van der Waals surface area contributed by atoms with E-state index in [1.54, 1.807) is 12.1 Å². The number of rotatable bonds is 3. The molecule has 1 N–H and O–H groups in total. The predicted octanol–water partition coefficient (Wildman–Crippen LogP) is 2.79. The van der Waals surface area contributed by atoms with Crippen LogP contribution in [-0.4, -0.2) is 19.8 Å². The summed E-state index contributed by atoms with van der Waals surface area (Å²) in [6.07, 6.45) is 0.340. The van der Waals surface area contributed by atoms with Crippen LogP contribution in [0.25, 0.3) is 0 Å². The van der Waals surface area contributed by atoms with Gasteiger partial charge in [0.05, 0.1) is 4.90 Å². The lowest BCUT2D eigenvalue weighted by Gasteiger charge is -2.15. The third kappa shape index (κ3) is 3.08. The van der Waals surface area contributed by atoms with Gasteiger partial charge < -0.3 is 5.11 Å². The molecule has 0 aromatic heterocycles. The summed E-state index contributed by atoms with van der Waals surface area (Å²) in [5.41, 5.74) is 3.49. The van der Waals surface area contributed by atoms with Crippen LogP contribution < -0.4 is 0 Å². The molecule has 2 rings (SSSR count). The van der Waals surface area contributed by atoms with E-state index < -0.39 is 15.9 Å². The topological polar surface area (TPSA) is 54.4 Å². The first-order chi connectivity index (χ1) is 9.29. The number of hydrogen-bond acceptors (Lipinski definition) is 3. The van der Waals surface area contributed by atoms with Crippen molar-refractivity contribution in [1.82, 2.24) is 0 Å². The minimum absolute atomic E-state index is 0.221. The fourth-order valence-electron chi connectivity index (χ4n) is 2.23. The molecule has 0 amide bonds. The summed E-state index contributed by atoms with van der Waals surface area (Å²) in [4.78, 5) is 0.221. The van der Waals surface area contributed by atoms with Crippen molar-refractivity contribution < 1.29 is 13.5 Å². The summed E-state index contributed by atoms with van der Waals surface area (Å²) in [5.74, 6) is 0. The van der Waals surface area contributed by atoms with Crippen molar-refractivity contribution in [3.8, 4) is 0 Å². The normalized spacial score (nSPS) is 13.2. The van der Waals surface area contributed by atoms with E-state index in [4.69, 9.17) is 0 Å². The van der Waals surface area contributed by atoms with Gasteiger partial charge in [0, 0.05) is 6.26 Å². The number of benzene rings is 2. The van der Waals surface area contributed by atoms with E-state index >= 15 is 0 Å². The van der Waals surface area contributed by atoms with Gasteiger partial charge in [-0.25, -0.2) is 8.42 Å². The van der Waals surface area contributed by atoms with E-state index in [2.05, 4.69) is 0 Å². The SMILES string of the molecule is Cc1ccc(C(O)c2cccc(S(C)(=O)=O)c2)c(C)c1. The number of sulfone groups is 1. The molecule has 20 heavy (non-hydrogen) atoms. The molecule has 0 saturated heterocycles. The van der Waals surface area contributed by atoms with Crippen LogP contribution in [0.3, 0.4) is 0 Å². The second-order valence-corrected chi connectivity index (χ2v) is 7.12. The first-order valence-corrected chi connectivity index (χ1v) is 8.23. The highest BCUT2D eigenvalue weighted by Gasteiger charge is 2.15. The Hall–Kier alpha value is -1.65. The van der Waals surface area contributed by atoms with Crippen molar-refractivity contribution >= 4 is 9.84 Å². The molecule has 4 heteroatoms. The zero-order valence-electron chi connectivity index (χ0n) is 11.8. The molecule has 1 atom stereocenters. The lowest BCUT2D eigenvalue weighted by molar-refractivity contribution is 0.219. The van der Waals surface area contributed by atoms with E-state index in [0.29, 0.717) is 5.56 Å². The van der Waals surface area contributed by atoms with E-state index in [-0.39, 0.29) is 4.90 Å². The molecule has 1 unspecified atom stereocenters. The summed E-state index contributed by atoms with van der Waals surface area (Å²) in [6, 6.07) is 12.3. The third-order valence-corrected chi connectivity index (χ3v) is 4.43. The van der Waals surface area contributed by atoms with Crippen LogP contribution in [0, 0.1) is 13.8 Å². The van der Waals surface area contributed by atoms with Crippen molar-refractivity contribution in [3.63, 3.8) is 0 Å². The standard InChI is InChI=1S/C16H18O3S/c1-11-7-8-15(12(2)9-11)16(17)13-5-4-6-14(10-13)20(3,18)19/h4-10,16-17H,1-3H3. The molecule has 2 aromatic rings. The van der Waals surface area contributed by atoms with Crippen LogP contribution in [0.4, 0.5) is 0 Å². The molecule has 106 valence electrons. The molecule has 0 saturated carbocycles. The maximum atomic E-state index is 11.6. The summed E-state index contributed by atoms with van der Waals surface area (Å²) < 4.78 is 23.1. The van der Waals surface area contributed by atoms with E-state index in [1.165, 1.54) is 12.1 Å². The molecule has 3 nitrogen and oxygen atoms in total. The van der Waals surface area contributed by atoms with Gasteiger partial charge in [-0.1, -0.05) is 35.9 Å². The van der Waals surface area contributed by atoms with Crippen LogP contribution >= 0.6 is 0 Å². The summed E-state index contributed by atoms with van der Waals surface area (Å²) >= 11 is 0. The van der Waals surface area contributed by atoms with Gasteiger partial charge in [0.15, 0.2) is 9.84 Å². The van der Waals surface area contributed by atoms with Crippen molar-refractivity contribution in [3.05, 3.63) is 64.7 Å². The van der Waals surface area contributed by atoms with Crippen LogP contribution in [0.15, 0.2) is 47.4 Å². The van der Waals surface area contributed by atoms with E-state index in [9.17, 15) is 13.5 Å². The maximum absolute atomic E-state index is 11.6. The Morgan fingerprint density at radius 2 is 1.75 bits per heavy atom. The van der Waals surface area contributed by atoms with Crippen molar-refractivity contribution in [1.29, 1.82) is 0 Å². The van der Waals surface area contributed by atoms with E-state index in [0.717, 1.165) is 22.9 Å². The summed E-state index contributed by atoms with van der Waals surface area (Å²) in [7, 11) is -3.27. The minimum Gasteiger partial charge on any atom is -0.384 e. The first-order valence-electron chi connectivity index (χ1n) is 6.34. The average molecular weight is 290 g/mol. The number of aryl methyl sites for hydroxylation is 2. The molecule has 2 aromatic carbocycles. The highest BCUT2D eigenvalue weighted by Crippen LogP contribution is 2.26. The summed E-state index contributed by atoms with van der Waals surface area (Å²) in [6.45, 7) is 3.93. The number of hydrogen-bond donors (Lipinski definition) is 1. The molecule has 0 aliphatic heterocycles. The highest BCUT2D eigenvalue weighted by molar-refractivity contribution is 7.90. The largest absolute Gasteiger partial charge is 0.384 e. The van der Waals surface area contributed by atoms with Crippen LogP contribution in [-0.2, 0) is 9.84 Å². The van der Waals surface area contributed by atoms with Gasteiger partial charge in [-0.05, 0) is 42.7 Å². The fraction of sp³-hybridized carbons (Fsp3) is 0.250. The zero-order valence-corrected chi connectivity index (χ0v) is 12.6. The second kappa shape index (κ2) is 5.38. The molecular formula is C16H18O3S. The van der Waals surface area contributed by atoms with Crippen molar-refractivity contribution in [2.75, 3.05) is 6.26 Å². The van der Waals surface area contributed by atoms with Gasteiger partial charge in [0.1, 0.15) is 6.10 Å². The van der Waals surface area contributed by atoms with Crippen LogP contribution in [0.1, 0.15) is 28.4 Å². The first kappa shape index (κ1) is 14.8. The smallest absolute Gasteiger partial charge is 0.175 e.